The molecule has 15 heteroatoms. The van der Waals surface area contributed by atoms with E-state index >= 15 is 0 Å². The zero-order chi connectivity index (χ0) is 26.9. The summed E-state index contributed by atoms with van der Waals surface area (Å²) in [7, 11) is 0. The van der Waals surface area contributed by atoms with Crippen molar-refractivity contribution in [2.24, 2.45) is 0 Å². The van der Waals surface area contributed by atoms with E-state index in [1.54, 1.807) is 11.3 Å². The number of thiophene rings is 2. The van der Waals surface area contributed by atoms with Crippen molar-refractivity contribution in [1.82, 2.24) is 40.3 Å². The molecule has 6 aromatic rings. The Hall–Kier alpha value is -3.03. The summed E-state index contributed by atoms with van der Waals surface area (Å²) in [6, 6.07) is 7.74. The molecule has 0 unspecified atom stereocenters. The first-order valence-electron chi connectivity index (χ1n) is 12.0. The molecule has 200 valence electrons. The third kappa shape index (κ3) is 6.42. The lowest BCUT2D eigenvalue weighted by Gasteiger charge is -2.03. The van der Waals surface area contributed by atoms with Gasteiger partial charge < -0.3 is 11.1 Å². The lowest BCUT2D eigenvalue weighted by molar-refractivity contribution is 0.966. The van der Waals surface area contributed by atoms with Gasteiger partial charge in [0.25, 0.3) is 0 Å². The van der Waals surface area contributed by atoms with Gasteiger partial charge in [0.05, 0.1) is 20.4 Å². The second-order valence-corrected chi connectivity index (χ2v) is 11.9. The summed E-state index contributed by atoms with van der Waals surface area (Å²) >= 11 is 20.4. The highest BCUT2D eigenvalue weighted by Crippen LogP contribution is 2.40. The number of nitrogens with zero attached hydrogens (tertiary/aromatic N) is 6. The number of anilines is 3. The van der Waals surface area contributed by atoms with E-state index in [1.165, 1.54) is 48.4 Å². The van der Waals surface area contributed by atoms with Crippen LogP contribution in [0.4, 0.5) is 17.5 Å². The van der Waals surface area contributed by atoms with Gasteiger partial charge in [0, 0.05) is 35.4 Å². The summed E-state index contributed by atoms with van der Waals surface area (Å²) < 4.78 is 1.87. The van der Waals surface area contributed by atoms with Gasteiger partial charge in [-0.3, -0.25) is 10.2 Å². The van der Waals surface area contributed by atoms with Crippen LogP contribution < -0.4 is 11.1 Å². The highest BCUT2D eigenvalue weighted by Gasteiger charge is 2.26. The van der Waals surface area contributed by atoms with Gasteiger partial charge in [0.2, 0.25) is 10.6 Å². The van der Waals surface area contributed by atoms with Crippen LogP contribution in [0.15, 0.2) is 35.0 Å². The maximum Gasteiger partial charge on any atom is 0.224 e. The fourth-order valence-corrected chi connectivity index (χ4v) is 5.99. The second kappa shape index (κ2) is 11.2. The number of aromatic amines is 2. The SMILES string of the molecule is Clc1nc(Cl)c2sccc2n1.Clc1nc(Nc2cc(C3CC3)[nH]n2)c2sccc2n1.Nc1cc(C2CC2)[nH]n1. The van der Waals surface area contributed by atoms with E-state index in [-0.39, 0.29) is 10.6 Å². The van der Waals surface area contributed by atoms with Crippen molar-refractivity contribution in [3.63, 3.8) is 0 Å². The van der Waals surface area contributed by atoms with Crippen LogP contribution in [0.2, 0.25) is 15.7 Å². The predicted octanol–water partition coefficient (Wildman–Crippen LogP) is 7.56. The fraction of sp³-hybridized carbons (Fsp3) is 0.250. The summed E-state index contributed by atoms with van der Waals surface area (Å²) in [4.78, 5) is 16.2. The smallest absolute Gasteiger partial charge is 0.224 e. The standard InChI is InChI=1S/C12H10ClN5S.C6H2Cl2N2S.C6H9N3/c13-12-14-7-3-4-19-10(7)11(16-12)15-9-5-8(17-18-9)6-1-2-6;7-5-4-3(1-2-11-4)9-6(8)10-5;7-6-3-5(8-9-6)4-1-2-4/h3-6H,1-2H2,(H2,14,15,16,17,18);1-2H;3-4H,1-2H2,(H3,7,8,9). The molecule has 0 amide bonds. The van der Waals surface area contributed by atoms with Crippen molar-refractivity contribution >= 4 is 95.4 Å². The highest BCUT2D eigenvalue weighted by atomic mass is 35.5. The quantitative estimate of drug-likeness (QED) is 0.117. The van der Waals surface area contributed by atoms with Gasteiger partial charge in [0.15, 0.2) is 16.8 Å². The molecule has 0 saturated heterocycles. The van der Waals surface area contributed by atoms with E-state index in [0.29, 0.717) is 22.7 Å². The largest absolute Gasteiger partial charge is 0.382 e. The van der Waals surface area contributed by atoms with Crippen molar-refractivity contribution in [2.45, 2.75) is 37.5 Å². The number of fused-ring (bicyclic) bond motifs is 2. The number of halogens is 3. The molecule has 0 bridgehead atoms. The molecule has 0 aromatic carbocycles. The number of nitrogens with two attached hydrogens (primary N) is 1. The van der Waals surface area contributed by atoms with Gasteiger partial charge in [-0.1, -0.05) is 11.6 Å². The van der Waals surface area contributed by atoms with Gasteiger partial charge in [0.1, 0.15) is 5.82 Å². The average Bonchev–Trinajstić information content (AvgIpc) is 3.70. The van der Waals surface area contributed by atoms with Gasteiger partial charge in [-0.15, -0.1) is 22.7 Å². The molecule has 0 atom stereocenters. The van der Waals surface area contributed by atoms with Crippen LogP contribution >= 0.6 is 57.5 Å². The normalized spacial score (nSPS) is 14.5. The molecule has 5 N–H and O–H groups in total. The number of nitrogen functional groups attached to an aromatic ring is 1. The van der Waals surface area contributed by atoms with Crippen molar-refractivity contribution in [3.8, 4) is 0 Å². The Bertz CT molecular complexity index is 1730. The number of aromatic nitrogens is 8. The first kappa shape index (κ1) is 26.2. The topological polar surface area (TPSA) is 147 Å². The zero-order valence-corrected chi connectivity index (χ0v) is 24.1. The molecule has 0 radical (unpaired) electrons. The number of rotatable bonds is 4. The minimum Gasteiger partial charge on any atom is -0.382 e. The molecule has 6 aromatic heterocycles. The van der Waals surface area contributed by atoms with E-state index in [4.69, 9.17) is 40.5 Å². The van der Waals surface area contributed by atoms with Gasteiger partial charge in [-0.25, -0.2) is 15.0 Å². The Labute approximate surface area is 245 Å². The lowest BCUT2D eigenvalue weighted by Crippen LogP contribution is -1.95. The summed E-state index contributed by atoms with van der Waals surface area (Å²) in [5.41, 5.74) is 9.45. The molecular formula is C24H21Cl3N10S2. The van der Waals surface area contributed by atoms with Crippen LogP contribution in [-0.4, -0.2) is 40.3 Å². The lowest BCUT2D eigenvalue weighted by atomic mass is 10.3. The summed E-state index contributed by atoms with van der Waals surface area (Å²) in [5, 5.41) is 22.0. The number of hydrogen-bond acceptors (Lipinski definition) is 10. The monoisotopic (exact) mass is 618 g/mol. The van der Waals surface area contributed by atoms with Crippen LogP contribution in [-0.2, 0) is 0 Å². The number of H-pyrrole nitrogens is 2. The summed E-state index contributed by atoms with van der Waals surface area (Å²) in [6.45, 7) is 0. The molecule has 2 aliphatic rings. The zero-order valence-electron chi connectivity index (χ0n) is 20.2. The van der Waals surface area contributed by atoms with Gasteiger partial charge >= 0.3 is 0 Å². The Morgan fingerprint density at radius 1 is 0.769 bits per heavy atom. The van der Waals surface area contributed by atoms with Crippen molar-refractivity contribution in [2.75, 3.05) is 11.1 Å². The van der Waals surface area contributed by atoms with Crippen LogP contribution in [0.5, 0.6) is 0 Å². The third-order valence-corrected chi connectivity index (χ3v) is 8.55. The third-order valence-electron chi connectivity index (χ3n) is 6.01. The minimum atomic E-state index is 0.195. The molecule has 0 aliphatic heterocycles. The van der Waals surface area contributed by atoms with E-state index in [0.717, 1.165) is 32.2 Å². The van der Waals surface area contributed by atoms with Gasteiger partial charge in [-0.05, 0) is 71.8 Å². The molecule has 2 fully saturated rings. The molecular weight excluding hydrogens is 599 g/mol. The second-order valence-electron chi connectivity index (χ2n) is 9.02. The van der Waals surface area contributed by atoms with Crippen LogP contribution in [0.1, 0.15) is 48.9 Å². The van der Waals surface area contributed by atoms with E-state index in [1.807, 2.05) is 35.0 Å². The van der Waals surface area contributed by atoms with Crippen LogP contribution in [0, 0.1) is 0 Å². The molecule has 39 heavy (non-hydrogen) atoms. The molecule has 10 nitrogen and oxygen atoms in total. The highest BCUT2D eigenvalue weighted by molar-refractivity contribution is 7.18. The molecule has 0 spiro atoms. The molecule has 6 heterocycles. The maximum absolute atomic E-state index is 5.93. The fourth-order valence-electron chi connectivity index (χ4n) is 3.80. The Morgan fingerprint density at radius 2 is 1.36 bits per heavy atom. The first-order valence-corrected chi connectivity index (χ1v) is 14.9. The average molecular weight is 620 g/mol. The van der Waals surface area contributed by atoms with Crippen LogP contribution in [0.3, 0.4) is 0 Å². The van der Waals surface area contributed by atoms with Crippen molar-refractivity contribution < 1.29 is 0 Å². The Balaban J connectivity index is 0.000000117. The molecule has 2 aliphatic carbocycles. The number of hydrogen-bond donors (Lipinski definition) is 4. The summed E-state index contributed by atoms with van der Waals surface area (Å²) in [5.74, 6) is 3.47. The minimum absolute atomic E-state index is 0.195. The Morgan fingerprint density at radius 3 is 2.00 bits per heavy atom. The van der Waals surface area contributed by atoms with E-state index in [2.05, 4.69) is 45.6 Å². The summed E-state index contributed by atoms with van der Waals surface area (Å²) in [6.07, 6.45) is 5.08. The molecule has 2 saturated carbocycles. The van der Waals surface area contributed by atoms with Crippen molar-refractivity contribution in [3.05, 3.63) is 62.1 Å². The van der Waals surface area contributed by atoms with Crippen molar-refractivity contribution in [1.29, 1.82) is 0 Å². The van der Waals surface area contributed by atoms with E-state index in [9.17, 15) is 0 Å². The number of nitrogens with one attached hydrogen (secondary N) is 3. The Kier molecular flexibility index (Phi) is 7.54. The van der Waals surface area contributed by atoms with Crippen LogP contribution in [0.25, 0.3) is 20.4 Å². The predicted molar refractivity (Wildman–Crippen MR) is 159 cm³/mol. The first-order chi connectivity index (χ1) is 18.9. The molecule has 8 rings (SSSR count). The van der Waals surface area contributed by atoms with E-state index < -0.39 is 0 Å². The maximum atomic E-state index is 5.93. The van der Waals surface area contributed by atoms with Gasteiger partial charge in [-0.2, -0.15) is 15.2 Å².